The van der Waals surface area contributed by atoms with Crippen LogP contribution in [0.15, 0.2) is 10.7 Å². The van der Waals surface area contributed by atoms with Crippen molar-refractivity contribution >= 4 is 15.9 Å². The average Bonchev–Trinajstić information content (AvgIpc) is 2.87. The summed E-state index contributed by atoms with van der Waals surface area (Å²) < 4.78 is 8.23. The van der Waals surface area contributed by atoms with Gasteiger partial charge in [0.25, 0.3) is 0 Å². The van der Waals surface area contributed by atoms with E-state index in [0.717, 1.165) is 36.2 Å². The molecule has 0 aliphatic carbocycles. The van der Waals surface area contributed by atoms with Crippen molar-refractivity contribution in [1.82, 2.24) is 15.2 Å². The molecule has 0 radical (unpaired) electrons. The molecule has 1 aromatic heterocycles. The molecule has 0 aromatic carbocycles. The Morgan fingerprint density at radius 2 is 2.62 bits per heavy atom. The lowest BCUT2D eigenvalue weighted by molar-refractivity contribution is 0.181. The van der Waals surface area contributed by atoms with Gasteiger partial charge in [-0.2, -0.15) is 5.10 Å². The second-order valence-electron chi connectivity index (χ2n) is 4.19. The van der Waals surface area contributed by atoms with Gasteiger partial charge in [0.15, 0.2) is 0 Å². The molecule has 0 spiro atoms. The highest BCUT2D eigenvalue weighted by Gasteiger charge is 2.24. The zero-order valence-electron chi connectivity index (χ0n) is 9.32. The largest absolute Gasteiger partial charge is 0.381 e. The summed E-state index contributed by atoms with van der Waals surface area (Å²) in [6.45, 7) is 1.71. The zero-order valence-corrected chi connectivity index (χ0v) is 10.9. The molecule has 2 unspecified atom stereocenters. The van der Waals surface area contributed by atoms with Crippen LogP contribution in [0, 0.1) is 5.92 Å². The van der Waals surface area contributed by atoms with Gasteiger partial charge in [0, 0.05) is 20.3 Å². The third-order valence-electron chi connectivity index (χ3n) is 3.06. The van der Waals surface area contributed by atoms with Crippen molar-refractivity contribution < 1.29 is 4.74 Å². The molecule has 6 heteroatoms. The number of aryl methyl sites for hydroxylation is 1. The summed E-state index contributed by atoms with van der Waals surface area (Å²) >= 11 is 3.50. The summed E-state index contributed by atoms with van der Waals surface area (Å²) in [5.41, 5.74) is 3.96. The van der Waals surface area contributed by atoms with Gasteiger partial charge in [-0.05, 0) is 34.7 Å². The number of halogens is 1. The van der Waals surface area contributed by atoms with Crippen molar-refractivity contribution in [2.24, 2.45) is 18.8 Å². The molecule has 1 saturated heterocycles. The molecule has 1 aliphatic heterocycles. The molecule has 0 bridgehead atoms. The van der Waals surface area contributed by atoms with E-state index in [1.54, 1.807) is 6.20 Å². The number of nitrogens with zero attached hydrogens (tertiary/aromatic N) is 2. The lowest BCUT2D eigenvalue weighted by Crippen LogP contribution is -2.31. The van der Waals surface area contributed by atoms with Crippen LogP contribution in [0.5, 0.6) is 0 Å². The first-order chi connectivity index (χ1) is 7.72. The minimum atomic E-state index is 0.119. The smallest absolute Gasteiger partial charge is 0.0705 e. The molecule has 1 aliphatic rings. The first kappa shape index (κ1) is 12.0. The van der Waals surface area contributed by atoms with E-state index in [4.69, 9.17) is 10.6 Å². The van der Waals surface area contributed by atoms with Gasteiger partial charge in [0.1, 0.15) is 0 Å². The fourth-order valence-electron chi connectivity index (χ4n) is 2.17. The van der Waals surface area contributed by atoms with Crippen LogP contribution in [0.25, 0.3) is 0 Å². The van der Waals surface area contributed by atoms with Gasteiger partial charge >= 0.3 is 0 Å². The third kappa shape index (κ3) is 2.45. The maximum Gasteiger partial charge on any atom is 0.0705 e. The van der Waals surface area contributed by atoms with Crippen LogP contribution in [0.3, 0.4) is 0 Å². The fraction of sp³-hybridized carbons (Fsp3) is 0.700. The summed E-state index contributed by atoms with van der Waals surface area (Å²) in [6, 6.07) is 0.119. The summed E-state index contributed by atoms with van der Waals surface area (Å²) in [7, 11) is 1.93. The topological polar surface area (TPSA) is 65.1 Å². The van der Waals surface area contributed by atoms with E-state index in [9.17, 15) is 0 Å². The molecule has 2 heterocycles. The summed E-state index contributed by atoms with van der Waals surface area (Å²) in [5.74, 6) is 6.21. The second kappa shape index (κ2) is 5.27. The van der Waals surface area contributed by atoms with Gasteiger partial charge in [-0.25, -0.2) is 0 Å². The zero-order chi connectivity index (χ0) is 11.5. The number of rotatable bonds is 4. The maximum atomic E-state index is 5.63. The molecule has 90 valence electrons. The van der Waals surface area contributed by atoms with Crippen molar-refractivity contribution in [2.45, 2.75) is 18.9 Å². The van der Waals surface area contributed by atoms with Crippen molar-refractivity contribution in [3.05, 3.63) is 16.4 Å². The predicted octanol–water partition coefficient (Wildman–Crippen LogP) is 1.11. The number of hydrogen-bond acceptors (Lipinski definition) is 4. The van der Waals surface area contributed by atoms with Crippen molar-refractivity contribution in [3.8, 4) is 0 Å². The lowest BCUT2D eigenvalue weighted by atomic mass is 9.97. The molecule has 3 N–H and O–H groups in total. The van der Waals surface area contributed by atoms with Crippen LogP contribution in [0.1, 0.15) is 24.6 Å². The number of hydrogen-bond donors (Lipinski definition) is 2. The van der Waals surface area contributed by atoms with E-state index in [-0.39, 0.29) is 6.04 Å². The van der Waals surface area contributed by atoms with E-state index < -0.39 is 0 Å². The highest BCUT2D eigenvalue weighted by Crippen LogP contribution is 2.29. The quantitative estimate of drug-likeness (QED) is 0.644. The molecule has 16 heavy (non-hydrogen) atoms. The second-order valence-corrected chi connectivity index (χ2v) is 5.04. The molecular weight excluding hydrogens is 272 g/mol. The van der Waals surface area contributed by atoms with Gasteiger partial charge in [-0.15, -0.1) is 0 Å². The molecule has 5 nitrogen and oxygen atoms in total. The normalized spacial score (nSPS) is 22.6. The van der Waals surface area contributed by atoms with Crippen LogP contribution in [0.2, 0.25) is 0 Å². The average molecular weight is 289 g/mol. The molecule has 2 rings (SSSR count). The Kier molecular flexibility index (Phi) is 3.96. The van der Waals surface area contributed by atoms with Crippen LogP contribution < -0.4 is 11.3 Å². The van der Waals surface area contributed by atoms with Crippen LogP contribution in [0.4, 0.5) is 0 Å². The highest BCUT2D eigenvalue weighted by atomic mass is 79.9. The van der Waals surface area contributed by atoms with E-state index in [0.29, 0.717) is 5.92 Å². The molecule has 0 amide bonds. The minimum Gasteiger partial charge on any atom is -0.381 e. The van der Waals surface area contributed by atoms with E-state index in [2.05, 4.69) is 26.5 Å². The highest BCUT2D eigenvalue weighted by molar-refractivity contribution is 9.10. The van der Waals surface area contributed by atoms with Crippen LogP contribution in [-0.2, 0) is 11.8 Å². The van der Waals surface area contributed by atoms with Crippen LogP contribution >= 0.6 is 15.9 Å². The van der Waals surface area contributed by atoms with Crippen LogP contribution in [-0.4, -0.2) is 23.0 Å². The van der Waals surface area contributed by atoms with Crippen molar-refractivity contribution in [1.29, 1.82) is 0 Å². The lowest BCUT2D eigenvalue weighted by Gasteiger charge is -2.19. The molecular formula is C10H17BrN4O. The van der Waals surface area contributed by atoms with Gasteiger partial charge in [-0.3, -0.25) is 16.0 Å². The van der Waals surface area contributed by atoms with E-state index >= 15 is 0 Å². The Bertz CT molecular complexity index is 329. The van der Waals surface area contributed by atoms with Crippen molar-refractivity contribution in [2.75, 3.05) is 13.2 Å². The summed E-state index contributed by atoms with van der Waals surface area (Å²) in [5, 5.41) is 4.20. The van der Waals surface area contributed by atoms with Gasteiger partial charge in [0.2, 0.25) is 0 Å². The monoisotopic (exact) mass is 288 g/mol. The number of nitrogens with one attached hydrogen (secondary N) is 1. The van der Waals surface area contributed by atoms with Gasteiger partial charge < -0.3 is 4.74 Å². The fourth-order valence-corrected chi connectivity index (χ4v) is 2.80. The summed E-state index contributed by atoms with van der Waals surface area (Å²) in [4.78, 5) is 0. The Morgan fingerprint density at radius 1 is 1.81 bits per heavy atom. The Hall–Kier alpha value is -0.430. The van der Waals surface area contributed by atoms with Gasteiger partial charge in [-0.1, -0.05) is 0 Å². The summed E-state index contributed by atoms with van der Waals surface area (Å²) in [6.07, 6.45) is 3.90. The predicted molar refractivity (Wildman–Crippen MR) is 64.5 cm³/mol. The first-order valence-corrected chi connectivity index (χ1v) is 6.23. The van der Waals surface area contributed by atoms with Gasteiger partial charge in [0.05, 0.1) is 22.4 Å². The Morgan fingerprint density at radius 3 is 3.12 bits per heavy atom. The van der Waals surface area contributed by atoms with E-state index in [1.165, 1.54) is 0 Å². The Labute approximate surface area is 103 Å². The number of nitrogens with two attached hydrogens (primary N) is 1. The first-order valence-electron chi connectivity index (χ1n) is 5.43. The SMILES string of the molecule is Cn1ncc(Br)c1C(CC1CCOC1)NN. The molecule has 2 atom stereocenters. The molecule has 1 fully saturated rings. The minimum absolute atomic E-state index is 0.119. The molecule has 0 saturated carbocycles. The number of ether oxygens (including phenoxy) is 1. The number of hydrazine groups is 1. The third-order valence-corrected chi connectivity index (χ3v) is 3.67. The van der Waals surface area contributed by atoms with Crippen molar-refractivity contribution in [3.63, 3.8) is 0 Å². The maximum absolute atomic E-state index is 5.63. The standard InChI is InChI=1S/C10H17BrN4O/c1-15-10(8(11)5-13-15)9(14-12)4-7-2-3-16-6-7/h5,7,9,14H,2-4,6,12H2,1H3. The Balaban J connectivity index is 2.09. The van der Waals surface area contributed by atoms with E-state index in [1.807, 2.05) is 11.7 Å². The molecule has 1 aromatic rings. The number of aromatic nitrogens is 2.